The lowest BCUT2D eigenvalue weighted by Crippen LogP contribution is -2.45. The number of anilines is 1. The fraction of sp³-hybridized carbons (Fsp3) is 0.522. The molecule has 0 atom stereocenters. The molecule has 1 saturated heterocycles. The number of nitrogens with zero attached hydrogens (tertiary/aromatic N) is 3. The third-order valence-corrected chi connectivity index (χ3v) is 6.64. The maximum atomic E-state index is 12.2. The van der Waals surface area contributed by atoms with E-state index in [4.69, 9.17) is 9.72 Å². The Hall–Kier alpha value is -2.61. The molecule has 1 aromatic carbocycles. The van der Waals surface area contributed by atoms with Crippen molar-refractivity contribution in [1.82, 2.24) is 15.2 Å². The summed E-state index contributed by atoms with van der Waals surface area (Å²) in [5.41, 5.74) is 3.38. The van der Waals surface area contributed by atoms with Crippen molar-refractivity contribution in [2.75, 3.05) is 44.2 Å². The number of esters is 1. The van der Waals surface area contributed by atoms with Crippen molar-refractivity contribution in [2.45, 2.75) is 39.5 Å². The summed E-state index contributed by atoms with van der Waals surface area (Å²) in [5, 5.41) is 5.89. The minimum absolute atomic E-state index is 0.0878. The topological polar surface area (TPSA) is 74.8 Å². The maximum Gasteiger partial charge on any atom is 0.325 e. The Kier molecular flexibility index (Phi) is 8.28. The third-order valence-electron chi connectivity index (χ3n) is 5.63. The van der Waals surface area contributed by atoms with Gasteiger partial charge in [-0.05, 0) is 45.7 Å². The molecule has 1 fully saturated rings. The highest BCUT2D eigenvalue weighted by atomic mass is 32.1. The van der Waals surface area contributed by atoms with Crippen LogP contribution in [0.2, 0.25) is 0 Å². The zero-order valence-electron chi connectivity index (χ0n) is 18.6. The Bertz CT molecular complexity index is 856. The van der Waals surface area contributed by atoms with Gasteiger partial charge in [0.05, 0.1) is 17.3 Å². The van der Waals surface area contributed by atoms with Gasteiger partial charge in [0.2, 0.25) is 0 Å². The van der Waals surface area contributed by atoms with Crippen LogP contribution in [0, 0.1) is 0 Å². The highest BCUT2D eigenvalue weighted by molar-refractivity contribution is 7.10. The molecule has 0 bridgehead atoms. The smallest absolute Gasteiger partial charge is 0.325 e. The number of urea groups is 1. The average molecular weight is 445 g/mol. The Morgan fingerprint density at radius 2 is 1.84 bits per heavy atom. The molecule has 2 amide bonds. The molecule has 1 aliphatic heterocycles. The monoisotopic (exact) mass is 444 g/mol. The second kappa shape index (κ2) is 11.1. The molecule has 0 aliphatic carbocycles. The van der Waals surface area contributed by atoms with E-state index in [2.05, 4.69) is 53.7 Å². The molecule has 2 heterocycles. The van der Waals surface area contributed by atoms with Gasteiger partial charge in [0.25, 0.3) is 0 Å². The van der Waals surface area contributed by atoms with Gasteiger partial charge >= 0.3 is 12.0 Å². The molecule has 0 radical (unpaired) electrons. The third kappa shape index (κ3) is 5.97. The molecule has 1 aliphatic rings. The van der Waals surface area contributed by atoms with Crippen molar-refractivity contribution in [3.63, 3.8) is 0 Å². The first-order chi connectivity index (χ1) is 15.0. The van der Waals surface area contributed by atoms with Crippen molar-refractivity contribution in [3.8, 4) is 11.3 Å². The van der Waals surface area contributed by atoms with E-state index in [0.717, 1.165) is 42.2 Å². The van der Waals surface area contributed by atoms with Crippen LogP contribution in [0.25, 0.3) is 11.3 Å². The molecule has 2 aromatic rings. The summed E-state index contributed by atoms with van der Waals surface area (Å²) in [6, 6.07) is 8.40. The van der Waals surface area contributed by atoms with Crippen LogP contribution in [0.15, 0.2) is 29.6 Å². The molecule has 1 N–H and O–H groups in total. The second-order valence-corrected chi connectivity index (χ2v) is 8.40. The highest BCUT2D eigenvalue weighted by Crippen LogP contribution is 2.33. The number of piperidine rings is 1. The molecule has 7 nitrogen and oxygen atoms in total. The number of ether oxygens (including phenoxy) is 1. The number of benzene rings is 1. The van der Waals surface area contributed by atoms with Crippen LogP contribution in [0.5, 0.6) is 0 Å². The number of carbonyl (C=O) groups excluding carboxylic acids is 2. The maximum absolute atomic E-state index is 12.2. The summed E-state index contributed by atoms with van der Waals surface area (Å²) in [7, 11) is 0. The van der Waals surface area contributed by atoms with Gasteiger partial charge in [0.15, 0.2) is 0 Å². The summed E-state index contributed by atoms with van der Waals surface area (Å²) in [6.07, 6.45) is 1.75. The lowest BCUT2D eigenvalue weighted by molar-refractivity contribution is -0.141. The second-order valence-electron chi connectivity index (χ2n) is 7.52. The van der Waals surface area contributed by atoms with E-state index in [1.165, 1.54) is 5.69 Å². The predicted molar refractivity (Wildman–Crippen MR) is 125 cm³/mol. The van der Waals surface area contributed by atoms with Crippen LogP contribution in [-0.2, 0) is 9.53 Å². The van der Waals surface area contributed by atoms with Gasteiger partial charge in [0.1, 0.15) is 6.54 Å². The Morgan fingerprint density at radius 3 is 2.45 bits per heavy atom. The normalized spacial score (nSPS) is 14.4. The fourth-order valence-corrected chi connectivity index (χ4v) is 4.84. The van der Waals surface area contributed by atoms with Gasteiger partial charge in [-0.3, -0.25) is 4.79 Å². The zero-order valence-corrected chi connectivity index (χ0v) is 19.4. The van der Waals surface area contributed by atoms with Crippen LogP contribution in [0.3, 0.4) is 0 Å². The standard InChI is InChI=1S/C23H32N4O3S/c1-4-26(5-2)19-9-7-17(8-10-19)20-16-31-22(25-20)18-11-13-27(14-12-18)23(29)24-15-21(28)30-6-3/h7-10,16,18H,4-6,11-15H2,1-3H3,(H,24,29). The number of likely N-dealkylation sites (tertiary alicyclic amines) is 1. The van der Waals surface area contributed by atoms with E-state index < -0.39 is 5.97 Å². The Morgan fingerprint density at radius 1 is 1.16 bits per heavy atom. The Labute approximate surface area is 188 Å². The van der Waals surface area contributed by atoms with Gasteiger partial charge in [-0.15, -0.1) is 11.3 Å². The molecule has 168 valence electrons. The number of aromatic nitrogens is 1. The van der Waals surface area contributed by atoms with Crippen LogP contribution in [0.1, 0.15) is 44.5 Å². The molecule has 0 saturated carbocycles. The van der Waals surface area contributed by atoms with Crippen LogP contribution >= 0.6 is 11.3 Å². The van der Waals surface area contributed by atoms with Crippen molar-refractivity contribution in [1.29, 1.82) is 0 Å². The molecule has 3 rings (SSSR count). The molecule has 0 spiro atoms. The average Bonchev–Trinajstić information content (AvgIpc) is 3.29. The molecule has 31 heavy (non-hydrogen) atoms. The number of rotatable bonds is 8. The van der Waals surface area contributed by atoms with Gasteiger partial charge in [-0.25, -0.2) is 9.78 Å². The van der Waals surface area contributed by atoms with Crippen LogP contribution < -0.4 is 10.2 Å². The van der Waals surface area contributed by atoms with E-state index in [9.17, 15) is 9.59 Å². The fourth-order valence-electron chi connectivity index (χ4n) is 3.84. The minimum Gasteiger partial charge on any atom is -0.465 e. The minimum atomic E-state index is -0.411. The molecule has 8 heteroatoms. The van der Waals surface area contributed by atoms with Gasteiger partial charge in [-0.1, -0.05) is 12.1 Å². The van der Waals surface area contributed by atoms with E-state index in [-0.39, 0.29) is 12.6 Å². The first kappa shape index (κ1) is 23.1. The van der Waals surface area contributed by atoms with Crippen molar-refractivity contribution >= 4 is 29.0 Å². The SMILES string of the molecule is CCOC(=O)CNC(=O)N1CCC(c2nc(-c3ccc(N(CC)CC)cc3)cs2)CC1. The Balaban J connectivity index is 1.53. The number of nitrogens with one attached hydrogen (secondary N) is 1. The van der Waals surface area contributed by atoms with Gasteiger partial charge < -0.3 is 19.9 Å². The number of amides is 2. The van der Waals surface area contributed by atoms with Crippen LogP contribution in [-0.4, -0.2) is 61.2 Å². The van der Waals surface area contributed by atoms with Gasteiger partial charge in [-0.2, -0.15) is 0 Å². The number of thiazole rings is 1. The van der Waals surface area contributed by atoms with Crippen LogP contribution in [0.4, 0.5) is 10.5 Å². The summed E-state index contributed by atoms with van der Waals surface area (Å²) in [5.74, 6) is -0.0472. The van der Waals surface area contributed by atoms with Crippen molar-refractivity contribution < 1.29 is 14.3 Å². The summed E-state index contributed by atoms with van der Waals surface area (Å²) in [4.78, 5) is 32.6. The highest BCUT2D eigenvalue weighted by Gasteiger charge is 2.26. The number of hydrogen-bond acceptors (Lipinski definition) is 6. The van der Waals surface area contributed by atoms with Crippen molar-refractivity contribution in [2.24, 2.45) is 0 Å². The van der Waals surface area contributed by atoms with Gasteiger partial charge in [0, 0.05) is 48.7 Å². The molecular formula is C23H32N4O3S. The lowest BCUT2D eigenvalue weighted by atomic mass is 9.98. The van der Waals surface area contributed by atoms with E-state index >= 15 is 0 Å². The van der Waals surface area contributed by atoms with E-state index in [1.807, 2.05) is 0 Å². The van der Waals surface area contributed by atoms with Crippen molar-refractivity contribution in [3.05, 3.63) is 34.7 Å². The summed E-state index contributed by atoms with van der Waals surface area (Å²) < 4.78 is 4.84. The predicted octanol–water partition coefficient (Wildman–Crippen LogP) is 4.11. The summed E-state index contributed by atoms with van der Waals surface area (Å²) in [6.45, 7) is 9.62. The lowest BCUT2D eigenvalue weighted by Gasteiger charge is -2.31. The molecule has 0 unspecified atom stereocenters. The molecular weight excluding hydrogens is 412 g/mol. The van der Waals surface area contributed by atoms with E-state index in [1.54, 1.807) is 23.2 Å². The zero-order chi connectivity index (χ0) is 22.2. The number of hydrogen-bond donors (Lipinski definition) is 1. The summed E-state index contributed by atoms with van der Waals surface area (Å²) >= 11 is 1.70. The molecule has 1 aromatic heterocycles. The largest absolute Gasteiger partial charge is 0.465 e. The van der Waals surface area contributed by atoms with E-state index in [0.29, 0.717) is 25.6 Å². The number of carbonyl (C=O) groups is 2. The first-order valence-electron chi connectivity index (χ1n) is 11.0. The quantitative estimate of drug-likeness (QED) is 0.620. The first-order valence-corrected chi connectivity index (χ1v) is 11.9.